The summed E-state index contributed by atoms with van der Waals surface area (Å²) in [4.78, 5) is 16.1. The summed E-state index contributed by atoms with van der Waals surface area (Å²) in [6.07, 6.45) is 2.81. The van der Waals surface area contributed by atoms with Crippen LogP contribution in [0.2, 0.25) is 0 Å². The molecule has 0 aliphatic carbocycles. The van der Waals surface area contributed by atoms with Crippen LogP contribution in [0, 0.1) is 0 Å². The second kappa shape index (κ2) is 8.90. The highest BCUT2D eigenvalue weighted by molar-refractivity contribution is 7.89. The lowest BCUT2D eigenvalue weighted by molar-refractivity contribution is -0.116. The van der Waals surface area contributed by atoms with Crippen LogP contribution in [-0.4, -0.2) is 64.2 Å². The number of ether oxygens (including phenoxy) is 1. The second-order valence-electron chi connectivity index (χ2n) is 7.83. The smallest absolute Gasteiger partial charge is 0.240 e. The number of hydrogen-bond donors (Lipinski definition) is 1. The van der Waals surface area contributed by atoms with Crippen molar-refractivity contribution in [2.75, 3.05) is 37.6 Å². The van der Waals surface area contributed by atoms with E-state index in [9.17, 15) is 13.2 Å². The molecule has 2 heterocycles. The molecule has 156 valence electrons. The molecule has 2 unspecified atom stereocenters. The SMILES string of the molecule is CC(=O)N1CCCc2cc(S(=O)(=O)NCCCN3CC(C)OC(C)C3)ccc21. The number of fused-ring (bicyclic) bond motifs is 1. The predicted octanol–water partition coefficient (Wildman–Crippen LogP) is 1.76. The van der Waals surface area contributed by atoms with Gasteiger partial charge in [-0.25, -0.2) is 13.1 Å². The lowest BCUT2D eigenvalue weighted by atomic mass is 10.0. The van der Waals surface area contributed by atoms with Gasteiger partial charge in [-0.1, -0.05) is 0 Å². The summed E-state index contributed by atoms with van der Waals surface area (Å²) >= 11 is 0. The van der Waals surface area contributed by atoms with Crippen LogP contribution in [0.5, 0.6) is 0 Å². The van der Waals surface area contributed by atoms with Crippen molar-refractivity contribution in [3.63, 3.8) is 0 Å². The Labute approximate surface area is 168 Å². The molecule has 1 fully saturated rings. The molecule has 0 bridgehead atoms. The van der Waals surface area contributed by atoms with E-state index in [4.69, 9.17) is 4.74 Å². The summed E-state index contributed by atoms with van der Waals surface area (Å²) in [5.41, 5.74) is 1.74. The maximum absolute atomic E-state index is 12.7. The molecule has 0 spiro atoms. The van der Waals surface area contributed by atoms with Crippen molar-refractivity contribution in [3.05, 3.63) is 23.8 Å². The molecule has 0 radical (unpaired) electrons. The molecule has 1 amide bonds. The van der Waals surface area contributed by atoms with Gasteiger partial charge in [0.1, 0.15) is 0 Å². The number of nitrogens with zero attached hydrogens (tertiary/aromatic N) is 2. The zero-order chi connectivity index (χ0) is 20.3. The number of sulfonamides is 1. The van der Waals surface area contributed by atoms with Crippen LogP contribution in [0.3, 0.4) is 0 Å². The molecule has 2 aliphatic heterocycles. The van der Waals surface area contributed by atoms with E-state index in [1.54, 1.807) is 23.1 Å². The van der Waals surface area contributed by atoms with Crippen molar-refractivity contribution in [2.45, 2.75) is 57.1 Å². The van der Waals surface area contributed by atoms with E-state index in [0.29, 0.717) is 13.1 Å². The van der Waals surface area contributed by atoms with Gasteiger partial charge in [-0.2, -0.15) is 0 Å². The van der Waals surface area contributed by atoms with Gasteiger partial charge in [-0.15, -0.1) is 0 Å². The van der Waals surface area contributed by atoms with E-state index >= 15 is 0 Å². The molecule has 0 aromatic heterocycles. The lowest BCUT2D eigenvalue weighted by Crippen LogP contribution is -2.46. The number of hydrogen-bond acceptors (Lipinski definition) is 5. The largest absolute Gasteiger partial charge is 0.373 e. The molecule has 2 atom stereocenters. The van der Waals surface area contributed by atoms with E-state index in [0.717, 1.165) is 50.1 Å². The minimum absolute atomic E-state index is 0.0126. The molecule has 1 aromatic rings. The molecule has 1 saturated heterocycles. The van der Waals surface area contributed by atoms with Crippen LogP contribution in [0.4, 0.5) is 5.69 Å². The molecule has 1 aromatic carbocycles. The molecular formula is C20H31N3O4S. The predicted molar refractivity (Wildman–Crippen MR) is 109 cm³/mol. The Hall–Kier alpha value is -1.48. The van der Waals surface area contributed by atoms with Crippen molar-refractivity contribution in [1.29, 1.82) is 0 Å². The summed E-state index contributed by atoms with van der Waals surface area (Å²) < 4.78 is 33.8. The quantitative estimate of drug-likeness (QED) is 0.725. The number of rotatable bonds is 6. The van der Waals surface area contributed by atoms with E-state index in [2.05, 4.69) is 23.5 Å². The summed E-state index contributed by atoms with van der Waals surface area (Å²) in [6, 6.07) is 5.05. The monoisotopic (exact) mass is 409 g/mol. The molecule has 2 aliphatic rings. The fourth-order valence-corrected chi connectivity index (χ4v) is 5.25. The normalized spacial score (nSPS) is 23.5. The van der Waals surface area contributed by atoms with Gasteiger partial charge in [0.05, 0.1) is 17.1 Å². The Kier molecular flexibility index (Phi) is 6.75. The molecule has 3 rings (SSSR count). The first kappa shape index (κ1) is 21.2. The Morgan fingerprint density at radius 3 is 2.64 bits per heavy atom. The van der Waals surface area contributed by atoms with E-state index < -0.39 is 10.0 Å². The van der Waals surface area contributed by atoms with Crippen molar-refractivity contribution in [2.24, 2.45) is 0 Å². The Morgan fingerprint density at radius 2 is 1.96 bits per heavy atom. The van der Waals surface area contributed by atoms with Gasteiger partial charge in [0.25, 0.3) is 0 Å². The van der Waals surface area contributed by atoms with Gasteiger partial charge in [0, 0.05) is 38.8 Å². The fourth-order valence-electron chi connectivity index (χ4n) is 4.13. The van der Waals surface area contributed by atoms with Gasteiger partial charge >= 0.3 is 0 Å². The first-order valence-corrected chi connectivity index (χ1v) is 11.5. The Bertz CT molecular complexity index is 802. The molecule has 28 heavy (non-hydrogen) atoms. The molecule has 8 heteroatoms. The zero-order valence-electron chi connectivity index (χ0n) is 17.0. The number of carbonyl (C=O) groups is 1. The maximum atomic E-state index is 12.7. The minimum Gasteiger partial charge on any atom is -0.373 e. The van der Waals surface area contributed by atoms with E-state index in [1.165, 1.54) is 6.92 Å². The average Bonchev–Trinajstić information content (AvgIpc) is 2.63. The number of morpholine rings is 1. The summed E-state index contributed by atoms with van der Waals surface area (Å²) in [6.45, 7) is 9.37. The Morgan fingerprint density at radius 1 is 1.25 bits per heavy atom. The number of benzene rings is 1. The topological polar surface area (TPSA) is 79.0 Å². The standard InChI is InChI=1S/C20H31N3O4S/c1-15-13-22(14-16(2)27-15)10-5-9-21-28(25,26)19-7-8-20-18(12-19)6-4-11-23(20)17(3)24/h7-8,12,15-16,21H,4-6,9-11,13-14H2,1-3H3. The fraction of sp³-hybridized carbons (Fsp3) is 0.650. The Balaban J connectivity index is 1.57. The maximum Gasteiger partial charge on any atom is 0.240 e. The average molecular weight is 410 g/mol. The van der Waals surface area contributed by atoms with Gasteiger partial charge in [-0.3, -0.25) is 9.69 Å². The number of anilines is 1. The number of carbonyl (C=O) groups excluding carboxylic acids is 1. The van der Waals surface area contributed by atoms with Crippen LogP contribution in [0.1, 0.15) is 39.2 Å². The highest BCUT2D eigenvalue weighted by Gasteiger charge is 2.24. The van der Waals surface area contributed by atoms with Crippen molar-refractivity contribution < 1.29 is 17.9 Å². The van der Waals surface area contributed by atoms with Crippen LogP contribution >= 0.6 is 0 Å². The van der Waals surface area contributed by atoms with Crippen molar-refractivity contribution in [3.8, 4) is 0 Å². The highest BCUT2D eigenvalue weighted by atomic mass is 32.2. The molecule has 1 N–H and O–H groups in total. The molecule has 0 saturated carbocycles. The van der Waals surface area contributed by atoms with Crippen LogP contribution in [0.15, 0.2) is 23.1 Å². The van der Waals surface area contributed by atoms with Gasteiger partial charge < -0.3 is 9.64 Å². The van der Waals surface area contributed by atoms with Gasteiger partial charge in [-0.05, 0) is 63.4 Å². The first-order valence-electron chi connectivity index (χ1n) is 10.0. The lowest BCUT2D eigenvalue weighted by Gasteiger charge is -2.35. The minimum atomic E-state index is -3.55. The van der Waals surface area contributed by atoms with Crippen molar-refractivity contribution >= 4 is 21.6 Å². The first-order chi connectivity index (χ1) is 13.3. The van der Waals surface area contributed by atoms with E-state index in [-0.39, 0.29) is 23.0 Å². The van der Waals surface area contributed by atoms with Crippen LogP contribution in [0.25, 0.3) is 0 Å². The summed E-state index contributed by atoms with van der Waals surface area (Å²) in [5.74, 6) is -0.0126. The second-order valence-corrected chi connectivity index (χ2v) is 9.60. The number of aryl methyl sites for hydroxylation is 1. The summed E-state index contributed by atoms with van der Waals surface area (Å²) in [7, 11) is -3.55. The van der Waals surface area contributed by atoms with Gasteiger partial charge in [0.2, 0.25) is 15.9 Å². The third kappa shape index (κ3) is 5.11. The highest BCUT2D eigenvalue weighted by Crippen LogP contribution is 2.29. The van der Waals surface area contributed by atoms with Crippen LogP contribution < -0.4 is 9.62 Å². The summed E-state index contributed by atoms with van der Waals surface area (Å²) in [5, 5.41) is 0. The zero-order valence-corrected chi connectivity index (χ0v) is 17.8. The third-order valence-electron chi connectivity index (χ3n) is 5.30. The van der Waals surface area contributed by atoms with Gasteiger partial charge in [0.15, 0.2) is 0 Å². The molecular weight excluding hydrogens is 378 g/mol. The van der Waals surface area contributed by atoms with Crippen molar-refractivity contribution in [1.82, 2.24) is 9.62 Å². The van der Waals surface area contributed by atoms with E-state index in [1.807, 2.05) is 0 Å². The number of amides is 1. The van der Waals surface area contributed by atoms with Crippen LogP contribution in [-0.2, 0) is 26.0 Å². The molecule has 7 nitrogen and oxygen atoms in total. The number of nitrogens with one attached hydrogen (secondary N) is 1. The third-order valence-corrected chi connectivity index (χ3v) is 6.76.